The number of rotatable bonds is 4. The van der Waals surface area contributed by atoms with Gasteiger partial charge in [-0.15, -0.1) is 0 Å². The minimum Gasteiger partial charge on any atom is -0.468 e. The van der Waals surface area contributed by atoms with E-state index in [1.165, 1.54) is 0 Å². The number of furan rings is 1. The molecule has 4 heterocycles. The van der Waals surface area contributed by atoms with Gasteiger partial charge in [0.25, 0.3) is 5.91 Å². The van der Waals surface area contributed by atoms with E-state index in [9.17, 15) is 4.79 Å². The Morgan fingerprint density at radius 3 is 2.92 bits per heavy atom. The van der Waals surface area contributed by atoms with E-state index in [4.69, 9.17) is 9.15 Å². The number of fused-ring (bicyclic) bond motifs is 1. The fraction of sp³-hybridized carbons (Fsp3) is 0.500. The zero-order chi connectivity index (χ0) is 18.1. The molecule has 6 heteroatoms. The van der Waals surface area contributed by atoms with Gasteiger partial charge in [0.2, 0.25) is 0 Å². The van der Waals surface area contributed by atoms with Gasteiger partial charge >= 0.3 is 0 Å². The molecule has 2 aliphatic heterocycles. The van der Waals surface area contributed by atoms with Gasteiger partial charge < -0.3 is 14.1 Å². The molecule has 0 bridgehead atoms. The minimum atomic E-state index is 0.0260. The summed E-state index contributed by atoms with van der Waals surface area (Å²) in [5, 5.41) is 0. The number of carbonyl (C=O) groups excluding carboxylic acids is 1. The Hall–Kier alpha value is -2.18. The van der Waals surface area contributed by atoms with Gasteiger partial charge in [0.05, 0.1) is 25.0 Å². The summed E-state index contributed by atoms with van der Waals surface area (Å²) in [4.78, 5) is 21.9. The number of piperidine rings is 1. The molecule has 2 aromatic rings. The number of hydrogen-bond donors (Lipinski definition) is 0. The van der Waals surface area contributed by atoms with Gasteiger partial charge in [-0.2, -0.15) is 0 Å². The van der Waals surface area contributed by atoms with Crippen LogP contribution in [0.15, 0.2) is 41.0 Å². The van der Waals surface area contributed by atoms with E-state index in [1.54, 1.807) is 13.4 Å². The van der Waals surface area contributed by atoms with Crippen LogP contribution in [0.1, 0.15) is 28.4 Å². The predicted molar refractivity (Wildman–Crippen MR) is 96.7 cm³/mol. The van der Waals surface area contributed by atoms with E-state index < -0.39 is 0 Å². The molecular weight excluding hydrogens is 330 g/mol. The van der Waals surface area contributed by atoms with Crippen molar-refractivity contribution in [2.45, 2.75) is 32.0 Å². The standard InChI is InChI=1S/C20H25N3O3/c1-14-5-3-7-17(21-14)20(24)23-9-8-19(25-2)16-12-22(13-18(16)23)11-15-6-4-10-26-15/h3-7,10,16,18-19H,8-9,11-13H2,1-2H3/t16-,18+,19-/m0/s1. The van der Waals surface area contributed by atoms with Crippen molar-refractivity contribution in [3.05, 3.63) is 53.7 Å². The molecule has 0 aliphatic carbocycles. The molecule has 6 nitrogen and oxygen atoms in total. The molecule has 1 amide bonds. The molecular formula is C20H25N3O3. The van der Waals surface area contributed by atoms with Gasteiger partial charge in [-0.05, 0) is 37.6 Å². The predicted octanol–water partition coefficient (Wildman–Crippen LogP) is 2.34. The van der Waals surface area contributed by atoms with E-state index in [0.29, 0.717) is 18.2 Å². The Morgan fingerprint density at radius 2 is 2.19 bits per heavy atom. The fourth-order valence-electron chi connectivity index (χ4n) is 4.34. The second-order valence-electron chi connectivity index (χ2n) is 7.23. The van der Waals surface area contributed by atoms with Gasteiger partial charge in [-0.3, -0.25) is 9.69 Å². The number of aromatic nitrogens is 1. The zero-order valence-corrected chi connectivity index (χ0v) is 15.3. The van der Waals surface area contributed by atoms with Crippen LogP contribution < -0.4 is 0 Å². The summed E-state index contributed by atoms with van der Waals surface area (Å²) in [5.41, 5.74) is 1.40. The molecule has 0 saturated carbocycles. The van der Waals surface area contributed by atoms with E-state index in [0.717, 1.165) is 37.5 Å². The maximum Gasteiger partial charge on any atom is 0.272 e. The van der Waals surface area contributed by atoms with Crippen LogP contribution in [0.2, 0.25) is 0 Å². The van der Waals surface area contributed by atoms with Crippen LogP contribution in [-0.4, -0.2) is 59.6 Å². The van der Waals surface area contributed by atoms with Crippen molar-refractivity contribution in [1.29, 1.82) is 0 Å². The highest BCUT2D eigenvalue weighted by molar-refractivity contribution is 5.92. The Morgan fingerprint density at radius 1 is 1.31 bits per heavy atom. The van der Waals surface area contributed by atoms with E-state index in [1.807, 2.05) is 42.2 Å². The summed E-state index contributed by atoms with van der Waals surface area (Å²) in [5.74, 6) is 1.30. The van der Waals surface area contributed by atoms with Crippen LogP contribution in [0.25, 0.3) is 0 Å². The molecule has 2 fully saturated rings. The van der Waals surface area contributed by atoms with Crippen molar-refractivity contribution in [1.82, 2.24) is 14.8 Å². The number of likely N-dealkylation sites (tertiary alicyclic amines) is 2. The van der Waals surface area contributed by atoms with Crippen LogP contribution in [-0.2, 0) is 11.3 Å². The lowest BCUT2D eigenvalue weighted by Crippen LogP contribution is -2.53. The highest BCUT2D eigenvalue weighted by atomic mass is 16.5. The van der Waals surface area contributed by atoms with E-state index in [2.05, 4.69) is 9.88 Å². The third kappa shape index (κ3) is 3.27. The van der Waals surface area contributed by atoms with Crippen LogP contribution in [0.3, 0.4) is 0 Å². The van der Waals surface area contributed by atoms with Crippen LogP contribution >= 0.6 is 0 Å². The van der Waals surface area contributed by atoms with Crippen LogP contribution in [0.4, 0.5) is 0 Å². The molecule has 2 saturated heterocycles. The first-order valence-electron chi connectivity index (χ1n) is 9.18. The topological polar surface area (TPSA) is 58.8 Å². The first kappa shape index (κ1) is 17.2. The number of hydrogen-bond acceptors (Lipinski definition) is 5. The molecule has 26 heavy (non-hydrogen) atoms. The van der Waals surface area contributed by atoms with Crippen LogP contribution in [0.5, 0.6) is 0 Å². The third-order valence-electron chi connectivity index (χ3n) is 5.57. The first-order chi connectivity index (χ1) is 12.7. The van der Waals surface area contributed by atoms with Gasteiger partial charge in [0.15, 0.2) is 0 Å². The second kappa shape index (κ2) is 7.21. The number of nitrogens with zero attached hydrogens (tertiary/aromatic N) is 3. The second-order valence-corrected chi connectivity index (χ2v) is 7.23. The molecule has 0 spiro atoms. The SMILES string of the molecule is CO[C@H]1CCN(C(=O)c2cccc(C)n2)[C@@H]2CN(Cc3ccco3)C[C@H]12. The number of amides is 1. The Bertz CT molecular complexity index is 761. The van der Waals surface area contributed by atoms with Crippen molar-refractivity contribution >= 4 is 5.91 Å². The van der Waals surface area contributed by atoms with Crippen LogP contribution in [0, 0.1) is 12.8 Å². The third-order valence-corrected chi connectivity index (χ3v) is 5.57. The highest BCUT2D eigenvalue weighted by Crippen LogP contribution is 2.34. The summed E-state index contributed by atoms with van der Waals surface area (Å²) in [6, 6.07) is 9.68. The average Bonchev–Trinajstić information content (AvgIpc) is 3.30. The Balaban J connectivity index is 1.54. The zero-order valence-electron chi connectivity index (χ0n) is 15.3. The molecule has 0 N–H and O–H groups in total. The summed E-state index contributed by atoms with van der Waals surface area (Å²) in [6.07, 6.45) is 2.76. The number of ether oxygens (including phenoxy) is 1. The van der Waals surface area contributed by atoms with Crippen molar-refractivity contribution < 1.29 is 13.9 Å². The normalized spacial score (nSPS) is 26.1. The number of methoxy groups -OCH3 is 1. The lowest BCUT2D eigenvalue weighted by atomic mass is 9.88. The summed E-state index contributed by atoms with van der Waals surface area (Å²) < 4.78 is 11.2. The van der Waals surface area contributed by atoms with E-state index in [-0.39, 0.29) is 18.1 Å². The largest absolute Gasteiger partial charge is 0.468 e. The lowest BCUT2D eigenvalue weighted by molar-refractivity contribution is -0.0159. The maximum absolute atomic E-state index is 13.1. The summed E-state index contributed by atoms with van der Waals surface area (Å²) in [6.45, 7) is 5.14. The summed E-state index contributed by atoms with van der Waals surface area (Å²) in [7, 11) is 1.77. The molecule has 0 unspecified atom stereocenters. The minimum absolute atomic E-state index is 0.0260. The molecule has 0 radical (unpaired) electrons. The fourth-order valence-corrected chi connectivity index (χ4v) is 4.34. The van der Waals surface area contributed by atoms with Gasteiger partial charge in [0, 0.05) is 38.4 Å². The molecule has 2 aromatic heterocycles. The lowest BCUT2D eigenvalue weighted by Gasteiger charge is -2.41. The van der Waals surface area contributed by atoms with Gasteiger partial charge in [-0.25, -0.2) is 4.98 Å². The Kier molecular flexibility index (Phi) is 4.78. The molecule has 138 valence electrons. The molecule has 0 aromatic carbocycles. The first-order valence-corrected chi connectivity index (χ1v) is 9.18. The monoisotopic (exact) mass is 355 g/mol. The quantitative estimate of drug-likeness (QED) is 0.843. The Labute approximate surface area is 153 Å². The maximum atomic E-state index is 13.1. The number of carbonyl (C=O) groups is 1. The number of pyridine rings is 1. The van der Waals surface area contributed by atoms with Crippen molar-refractivity contribution in [2.24, 2.45) is 5.92 Å². The average molecular weight is 355 g/mol. The highest BCUT2D eigenvalue weighted by Gasteiger charge is 2.46. The van der Waals surface area contributed by atoms with E-state index >= 15 is 0 Å². The number of aryl methyl sites for hydroxylation is 1. The van der Waals surface area contributed by atoms with Crippen molar-refractivity contribution in [3.63, 3.8) is 0 Å². The van der Waals surface area contributed by atoms with Crippen molar-refractivity contribution in [2.75, 3.05) is 26.7 Å². The molecule has 3 atom stereocenters. The smallest absolute Gasteiger partial charge is 0.272 e. The van der Waals surface area contributed by atoms with Crippen molar-refractivity contribution in [3.8, 4) is 0 Å². The summed E-state index contributed by atoms with van der Waals surface area (Å²) >= 11 is 0. The molecule has 2 aliphatic rings. The van der Waals surface area contributed by atoms with Gasteiger partial charge in [-0.1, -0.05) is 6.07 Å². The van der Waals surface area contributed by atoms with Gasteiger partial charge in [0.1, 0.15) is 11.5 Å². The molecule has 4 rings (SSSR count).